The first kappa shape index (κ1) is 25.2. The minimum atomic E-state index is -0.948. The van der Waals surface area contributed by atoms with E-state index in [1.165, 1.54) is 0 Å². The van der Waals surface area contributed by atoms with Gasteiger partial charge in [-0.05, 0) is 66.1 Å². The molecule has 0 fully saturated rings. The fraction of sp³-hybridized carbons (Fsp3) is 0.172. The number of aromatic nitrogens is 2. The highest BCUT2D eigenvalue weighted by atomic mass is 35.5. The molecule has 0 saturated carbocycles. The van der Waals surface area contributed by atoms with Crippen molar-refractivity contribution in [2.45, 2.75) is 13.3 Å². The van der Waals surface area contributed by atoms with Crippen LogP contribution < -0.4 is 14.5 Å². The summed E-state index contributed by atoms with van der Waals surface area (Å²) in [7, 11) is 1.72. The number of carboxylic acids is 1. The maximum Gasteiger partial charge on any atom is 0.335 e. The number of nitrogens with zero attached hydrogens (tertiary/aromatic N) is 4. The number of pyridine rings is 2. The lowest BCUT2D eigenvalue weighted by Gasteiger charge is -2.23. The normalized spacial score (nSPS) is 12.6. The third-order valence-corrected chi connectivity index (χ3v) is 6.66. The molecule has 2 aromatic carbocycles. The monoisotopic (exact) mass is 528 g/mol. The fourth-order valence-electron chi connectivity index (χ4n) is 4.41. The molecule has 0 unspecified atom stereocenters. The van der Waals surface area contributed by atoms with Crippen LogP contribution in [0.15, 0.2) is 72.9 Å². The standard InChI is InChI=1S/C29H25ClN4O4/c1-3-34-26-23(28(35)33(2)24-12-13-25(30)32-27(24)34)16-18(17-31-26)14-15-38-22-10-8-20(9-11-22)19-4-6-21(7-5-19)29(36)37/h4-13,16-17H,3,14-15H2,1-2H3,(H,36,37). The van der Waals surface area contributed by atoms with Crippen molar-refractivity contribution in [1.29, 1.82) is 0 Å². The van der Waals surface area contributed by atoms with Gasteiger partial charge < -0.3 is 19.6 Å². The predicted molar refractivity (Wildman–Crippen MR) is 147 cm³/mol. The van der Waals surface area contributed by atoms with Crippen LogP contribution in [0.1, 0.15) is 33.2 Å². The van der Waals surface area contributed by atoms with E-state index < -0.39 is 5.97 Å². The Hall–Kier alpha value is -4.43. The number of fused-ring (bicyclic) bond motifs is 2. The van der Waals surface area contributed by atoms with Crippen molar-refractivity contribution in [3.63, 3.8) is 0 Å². The van der Waals surface area contributed by atoms with Crippen LogP contribution in [0.25, 0.3) is 11.1 Å². The first-order chi connectivity index (χ1) is 18.4. The summed E-state index contributed by atoms with van der Waals surface area (Å²) in [5, 5.41) is 9.42. The van der Waals surface area contributed by atoms with Gasteiger partial charge in [-0.3, -0.25) is 4.79 Å². The lowest BCUT2D eigenvalue weighted by atomic mass is 10.0. The Morgan fingerprint density at radius 3 is 2.34 bits per heavy atom. The lowest BCUT2D eigenvalue weighted by Crippen LogP contribution is -2.25. The van der Waals surface area contributed by atoms with E-state index in [1.807, 2.05) is 42.2 Å². The zero-order valence-electron chi connectivity index (χ0n) is 20.9. The predicted octanol–water partition coefficient (Wildman–Crippen LogP) is 5.86. The number of carbonyl (C=O) groups excluding carboxylic acids is 1. The molecule has 1 aliphatic heterocycles. The molecule has 1 amide bonds. The van der Waals surface area contributed by atoms with E-state index in [4.69, 9.17) is 21.4 Å². The molecule has 192 valence electrons. The molecule has 1 aliphatic rings. The van der Waals surface area contributed by atoms with Gasteiger partial charge in [-0.25, -0.2) is 14.8 Å². The van der Waals surface area contributed by atoms with E-state index in [2.05, 4.69) is 9.97 Å². The van der Waals surface area contributed by atoms with Gasteiger partial charge in [-0.2, -0.15) is 0 Å². The molecule has 8 nitrogen and oxygen atoms in total. The number of halogens is 1. The number of amides is 1. The second-order valence-corrected chi connectivity index (χ2v) is 9.19. The third-order valence-electron chi connectivity index (χ3n) is 6.45. The first-order valence-corrected chi connectivity index (χ1v) is 12.5. The van der Waals surface area contributed by atoms with Crippen LogP contribution in [0, 0.1) is 0 Å². The van der Waals surface area contributed by atoms with Gasteiger partial charge in [0.2, 0.25) is 0 Å². The molecule has 0 saturated heterocycles. The Bertz CT molecular complexity index is 1510. The molecule has 0 radical (unpaired) electrons. The number of aromatic carboxylic acids is 1. The van der Waals surface area contributed by atoms with Gasteiger partial charge in [-0.1, -0.05) is 35.9 Å². The van der Waals surface area contributed by atoms with Crippen molar-refractivity contribution in [3.8, 4) is 16.9 Å². The summed E-state index contributed by atoms with van der Waals surface area (Å²) < 4.78 is 5.94. The Morgan fingerprint density at radius 1 is 1.00 bits per heavy atom. The maximum absolute atomic E-state index is 13.3. The largest absolute Gasteiger partial charge is 0.493 e. The summed E-state index contributed by atoms with van der Waals surface area (Å²) >= 11 is 6.16. The van der Waals surface area contributed by atoms with E-state index in [9.17, 15) is 9.59 Å². The van der Waals surface area contributed by atoms with Gasteiger partial charge in [0.1, 0.15) is 16.7 Å². The smallest absolute Gasteiger partial charge is 0.335 e. The van der Waals surface area contributed by atoms with Crippen LogP contribution >= 0.6 is 11.6 Å². The fourth-order valence-corrected chi connectivity index (χ4v) is 4.56. The number of hydrogen-bond acceptors (Lipinski definition) is 6. The van der Waals surface area contributed by atoms with Crippen molar-refractivity contribution >= 4 is 40.8 Å². The van der Waals surface area contributed by atoms with Crippen LogP contribution in [-0.2, 0) is 6.42 Å². The summed E-state index contributed by atoms with van der Waals surface area (Å²) in [6.45, 7) is 2.96. The van der Waals surface area contributed by atoms with Gasteiger partial charge in [-0.15, -0.1) is 0 Å². The molecule has 0 bridgehead atoms. The van der Waals surface area contributed by atoms with Crippen LogP contribution in [-0.4, -0.2) is 47.2 Å². The molecule has 0 aliphatic carbocycles. The lowest BCUT2D eigenvalue weighted by molar-refractivity contribution is 0.0696. The number of hydrogen-bond donors (Lipinski definition) is 1. The van der Waals surface area contributed by atoms with Crippen LogP contribution in [0.3, 0.4) is 0 Å². The highest BCUT2D eigenvalue weighted by Crippen LogP contribution is 2.38. The van der Waals surface area contributed by atoms with E-state index in [0.29, 0.717) is 53.4 Å². The van der Waals surface area contributed by atoms with Gasteiger partial charge >= 0.3 is 5.97 Å². The third kappa shape index (κ3) is 4.90. The average molecular weight is 529 g/mol. The van der Waals surface area contributed by atoms with Crippen molar-refractivity contribution in [2.75, 3.05) is 30.0 Å². The van der Waals surface area contributed by atoms with Gasteiger partial charge in [0.15, 0.2) is 5.82 Å². The van der Waals surface area contributed by atoms with Crippen LogP contribution in [0.5, 0.6) is 5.75 Å². The molecular weight excluding hydrogens is 504 g/mol. The second-order valence-electron chi connectivity index (χ2n) is 8.81. The highest BCUT2D eigenvalue weighted by molar-refractivity contribution is 6.29. The molecule has 0 spiro atoms. The summed E-state index contributed by atoms with van der Waals surface area (Å²) in [4.78, 5) is 37.0. The van der Waals surface area contributed by atoms with E-state index in [-0.39, 0.29) is 11.5 Å². The van der Waals surface area contributed by atoms with Crippen molar-refractivity contribution in [3.05, 3.63) is 94.8 Å². The Balaban J connectivity index is 1.28. The highest BCUT2D eigenvalue weighted by Gasteiger charge is 2.31. The number of benzene rings is 2. The summed E-state index contributed by atoms with van der Waals surface area (Å²) in [5.74, 6) is 0.749. The Labute approximate surface area is 225 Å². The Kier molecular flexibility index (Phi) is 6.98. The van der Waals surface area contributed by atoms with E-state index >= 15 is 0 Å². The maximum atomic E-state index is 13.3. The zero-order valence-corrected chi connectivity index (χ0v) is 21.6. The minimum absolute atomic E-state index is 0.163. The first-order valence-electron chi connectivity index (χ1n) is 12.1. The molecule has 0 atom stereocenters. The molecule has 4 aromatic rings. The average Bonchev–Trinajstić information content (AvgIpc) is 3.01. The molecular formula is C29H25ClN4O4. The molecule has 38 heavy (non-hydrogen) atoms. The zero-order chi connectivity index (χ0) is 26.8. The summed E-state index contributed by atoms with van der Waals surface area (Å²) in [6.07, 6.45) is 2.33. The van der Waals surface area contributed by atoms with Crippen LogP contribution in [0.4, 0.5) is 17.3 Å². The number of ether oxygens (including phenoxy) is 1. The van der Waals surface area contributed by atoms with Crippen molar-refractivity contribution in [1.82, 2.24) is 9.97 Å². The molecule has 3 heterocycles. The molecule has 2 aromatic heterocycles. The number of anilines is 3. The van der Waals surface area contributed by atoms with E-state index in [0.717, 1.165) is 16.7 Å². The van der Waals surface area contributed by atoms with E-state index in [1.54, 1.807) is 54.5 Å². The quantitative estimate of drug-likeness (QED) is 0.300. The van der Waals surface area contributed by atoms with Crippen molar-refractivity contribution in [2.24, 2.45) is 0 Å². The molecule has 9 heteroatoms. The summed E-state index contributed by atoms with van der Waals surface area (Å²) in [6, 6.07) is 19.7. The van der Waals surface area contributed by atoms with Gasteiger partial charge in [0.05, 0.1) is 23.4 Å². The number of carboxylic acid groups (broad SMARTS) is 1. The van der Waals surface area contributed by atoms with Crippen LogP contribution in [0.2, 0.25) is 5.15 Å². The number of rotatable bonds is 7. The minimum Gasteiger partial charge on any atom is -0.493 e. The Morgan fingerprint density at radius 2 is 1.68 bits per heavy atom. The van der Waals surface area contributed by atoms with Gasteiger partial charge in [0.25, 0.3) is 5.91 Å². The number of carbonyl (C=O) groups is 2. The van der Waals surface area contributed by atoms with Crippen molar-refractivity contribution < 1.29 is 19.4 Å². The molecule has 1 N–H and O–H groups in total. The van der Waals surface area contributed by atoms with Gasteiger partial charge in [0, 0.05) is 26.2 Å². The SMILES string of the molecule is CCN1c2ncc(CCOc3ccc(-c4ccc(C(=O)O)cc4)cc3)cc2C(=O)N(C)c2ccc(Cl)nc21. The summed E-state index contributed by atoms with van der Waals surface area (Å²) in [5.41, 5.74) is 4.19. The topological polar surface area (TPSA) is 95.9 Å². The molecule has 5 rings (SSSR count). The second kappa shape index (κ2) is 10.5.